The number of nitrogens with one attached hydrogen (secondary N) is 2. The van der Waals surface area contributed by atoms with Crippen LogP contribution in [-0.2, 0) is 14.9 Å². The molecule has 1 amide bonds. The maximum atomic E-state index is 11.9. The number of rotatable bonds is 3. The van der Waals surface area contributed by atoms with Gasteiger partial charge in [0.15, 0.2) is 12.4 Å². The van der Waals surface area contributed by atoms with Crippen molar-refractivity contribution in [3.05, 3.63) is 24.5 Å². The highest BCUT2D eigenvalue weighted by Crippen LogP contribution is 2.07. The minimum atomic E-state index is -4.02. The Kier molecular flexibility index (Phi) is 7.84. The fraction of sp³-hybridized carbons (Fsp3) is 0.500. The van der Waals surface area contributed by atoms with Crippen LogP contribution in [0.2, 0.25) is 0 Å². The predicted molar refractivity (Wildman–Crippen MR) is 88.3 cm³/mol. The Balaban J connectivity index is 0.00000149. The Labute approximate surface area is 138 Å². The van der Waals surface area contributed by atoms with Gasteiger partial charge in [0.1, 0.15) is 19.4 Å². The summed E-state index contributed by atoms with van der Waals surface area (Å²) in [6, 6.07) is 3.11. The molecule has 9 heteroatoms. The molecule has 0 bridgehead atoms. The molecule has 0 fully saturated rings. The van der Waals surface area contributed by atoms with E-state index in [1.807, 2.05) is 18.8 Å². The molecule has 1 aromatic heterocycles. The number of pyridine rings is 1. The number of hydrogen-bond donors (Lipinski definition) is 2. The third kappa shape index (κ3) is 8.27. The lowest BCUT2D eigenvalue weighted by Crippen LogP contribution is -2.52. The Hall–Kier alpha value is -2.00. The molecular weight excluding hydrogens is 320 g/mol. The number of carbonyl (C=O) groups excluding carboxylic acids is 1. The molecule has 0 unspecified atom stereocenters. The smallest absolute Gasteiger partial charge is 0.443 e. The van der Waals surface area contributed by atoms with E-state index in [0.717, 1.165) is 9.66 Å². The molecule has 0 aliphatic rings. The molecule has 2 N–H and O–H groups in total. The molecule has 0 aliphatic carbocycles. The van der Waals surface area contributed by atoms with Crippen LogP contribution in [0.25, 0.3) is 0 Å². The number of aromatic nitrogens is 1. The van der Waals surface area contributed by atoms with Gasteiger partial charge in [-0.25, -0.2) is 9.37 Å². The molecule has 0 saturated carbocycles. The monoisotopic (exact) mass is 346 g/mol. The minimum Gasteiger partial charge on any atom is -0.443 e. The van der Waals surface area contributed by atoms with E-state index in [-0.39, 0.29) is 0 Å². The van der Waals surface area contributed by atoms with Gasteiger partial charge in [-0.2, -0.15) is 4.72 Å². The summed E-state index contributed by atoms with van der Waals surface area (Å²) in [6.07, 6.45) is 1.59. The number of nitrogens with zero attached hydrogens (tertiary/aromatic N) is 2. The first kappa shape index (κ1) is 21.0. The Morgan fingerprint density at radius 2 is 1.70 bits per heavy atom. The van der Waals surface area contributed by atoms with Gasteiger partial charge in [0.25, 0.3) is 0 Å². The molecule has 0 aromatic carbocycles. The van der Waals surface area contributed by atoms with Gasteiger partial charge in [-0.05, 0) is 34.9 Å². The molecule has 0 atom stereocenters. The van der Waals surface area contributed by atoms with Crippen LogP contribution in [0.3, 0.4) is 0 Å². The summed E-state index contributed by atoms with van der Waals surface area (Å²) in [6.45, 7) is 8.61. The van der Waals surface area contributed by atoms with Crippen LogP contribution in [0, 0.1) is 0 Å². The normalized spacial score (nSPS) is 11.0. The fourth-order valence-electron chi connectivity index (χ4n) is 1.28. The molecule has 23 heavy (non-hydrogen) atoms. The van der Waals surface area contributed by atoms with Gasteiger partial charge in [0.2, 0.25) is 5.69 Å². The Bertz CT molecular complexity index is 634. The zero-order valence-electron chi connectivity index (χ0n) is 14.5. The van der Waals surface area contributed by atoms with E-state index >= 15 is 0 Å². The summed E-state index contributed by atoms with van der Waals surface area (Å²) in [7, 11) is 1.46. The number of ether oxygens (including phenoxy) is 1. The first-order chi connectivity index (χ1) is 10.4. The van der Waals surface area contributed by atoms with Crippen LogP contribution >= 0.6 is 0 Å². The van der Waals surface area contributed by atoms with Crippen molar-refractivity contribution in [2.75, 3.05) is 21.1 Å². The zero-order valence-corrected chi connectivity index (χ0v) is 15.3. The second-order valence-corrected chi connectivity index (χ2v) is 7.27. The van der Waals surface area contributed by atoms with E-state index in [4.69, 9.17) is 4.74 Å². The predicted octanol–water partition coefficient (Wildman–Crippen LogP) is 0.402. The highest BCUT2D eigenvalue weighted by molar-refractivity contribution is 7.83. The SMILES string of the molecule is C=[N+](C)c1cc[n+](S(=O)(=O)NC(=O)OC(C)(C)C)cc1.CNC. The molecule has 0 saturated heterocycles. The molecular formula is C14H26N4O4S+2. The van der Waals surface area contributed by atoms with Gasteiger partial charge in [-0.3, -0.25) is 0 Å². The van der Waals surface area contributed by atoms with Crippen molar-refractivity contribution in [3.63, 3.8) is 0 Å². The van der Waals surface area contributed by atoms with Crippen LogP contribution in [0.15, 0.2) is 24.5 Å². The van der Waals surface area contributed by atoms with Gasteiger partial charge in [0.05, 0.1) is 12.1 Å². The van der Waals surface area contributed by atoms with Crippen molar-refractivity contribution in [2.24, 2.45) is 0 Å². The van der Waals surface area contributed by atoms with Gasteiger partial charge in [-0.1, -0.05) is 3.97 Å². The maximum Gasteiger partial charge on any atom is 0.475 e. The standard InChI is InChI=1S/C12H18N3O4S.C2H7N/c1-12(2,3)19-11(16)13-20(17,18)15-8-6-10(7-9-15)14(4)5;1-3-2/h6-9H,4H2,1-3,5H3;3H,1-2H3/q+1;/p+1. The van der Waals surface area contributed by atoms with Gasteiger partial charge in [-0.15, -0.1) is 8.42 Å². The molecule has 8 nitrogen and oxygen atoms in total. The number of hydrogen-bond acceptors (Lipinski definition) is 5. The van der Waals surface area contributed by atoms with Gasteiger partial charge in [0, 0.05) is 0 Å². The van der Waals surface area contributed by atoms with E-state index in [9.17, 15) is 13.2 Å². The fourth-order valence-corrected chi connectivity index (χ4v) is 2.08. The third-order valence-corrected chi connectivity index (χ3v) is 3.34. The van der Waals surface area contributed by atoms with Crippen LogP contribution in [0.4, 0.5) is 10.5 Å². The zero-order chi connectivity index (χ0) is 18.3. The van der Waals surface area contributed by atoms with Crippen LogP contribution in [0.1, 0.15) is 20.8 Å². The van der Waals surface area contributed by atoms with Crippen molar-refractivity contribution in [2.45, 2.75) is 26.4 Å². The second-order valence-electron chi connectivity index (χ2n) is 5.69. The topological polar surface area (TPSA) is 91.4 Å². The first-order valence-corrected chi connectivity index (χ1v) is 8.27. The summed E-state index contributed by atoms with van der Waals surface area (Å²) < 4.78 is 33.0. The summed E-state index contributed by atoms with van der Waals surface area (Å²) in [5.74, 6) is 0. The number of amides is 1. The van der Waals surface area contributed by atoms with Crippen molar-refractivity contribution in [1.29, 1.82) is 0 Å². The average molecular weight is 346 g/mol. The van der Waals surface area contributed by atoms with Gasteiger partial charge >= 0.3 is 16.3 Å². The minimum absolute atomic E-state index is 0.730. The molecule has 0 aliphatic heterocycles. The molecule has 0 radical (unpaired) electrons. The molecule has 130 valence electrons. The third-order valence-electron chi connectivity index (χ3n) is 2.11. The van der Waals surface area contributed by atoms with Crippen molar-refractivity contribution >= 4 is 28.7 Å². The highest BCUT2D eigenvalue weighted by Gasteiger charge is 2.28. The van der Waals surface area contributed by atoms with E-state index in [1.54, 1.807) is 44.5 Å². The molecule has 0 spiro atoms. The Morgan fingerprint density at radius 1 is 1.26 bits per heavy atom. The average Bonchev–Trinajstić information content (AvgIpc) is 2.36. The quantitative estimate of drug-likeness (QED) is 0.611. The lowest BCUT2D eigenvalue weighted by atomic mass is 10.2. The lowest BCUT2D eigenvalue weighted by Gasteiger charge is -2.18. The lowest BCUT2D eigenvalue weighted by molar-refractivity contribution is -0.514. The van der Waals surface area contributed by atoms with E-state index in [1.165, 1.54) is 12.4 Å². The number of carbonyl (C=O) groups is 1. The van der Waals surface area contributed by atoms with Crippen molar-refractivity contribution < 1.29 is 26.5 Å². The molecule has 1 aromatic rings. The summed E-state index contributed by atoms with van der Waals surface area (Å²) in [5, 5.41) is 2.75. The molecule has 1 rings (SSSR count). The van der Waals surface area contributed by atoms with E-state index in [0.29, 0.717) is 0 Å². The molecule has 1 heterocycles. The maximum absolute atomic E-state index is 11.9. The summed E-state index contributed by atoms with van der Waals surface area (Å²) in [5.41, 5.74) is -0.0428. The first-order valence-electron chi connectivity index (χ1n) is 6.83. The van der Waals surface area contributed by atoms with Crippen LogP contribution in [0.5, 0.6) is 0 Å². The second kappa shape index (κ2) is 8.59. The van der Waals surface area contributed by atoms with Crippen molar-refractivity contribution in [3.8, 4) is 0 Å². The van der Waals surface area contributed by atoms with Crippen LogP contribution < -0.4 is 14.0 Å². The van der Waals surface area contributed by atoms with E-state index in [2.05, 4.69) is 12.0 Å². The summed E-state index contributed by atoms with van der Waals surface area (Å²) in [4.78, 5) is 11.5. The van der Waals surface area contributed by atoms with Crippen molar-refractivity contribution in [1.82, 2.24) is 10.0 Å². The highest BCUT2D eigenvalue weighted by atomic mass is 32.2. The largest absolute Gasteiger partial charge is 0.475 e. The van der Waals surface area contributed by atoms with Gasteiger partial charge < -0.3 is 10.1 Å². The Morgan fingerprint density at radius 3 is 2.04 bits per heavy atom. The summed E-state index contributed by atoms with van der Waals surface area (Å²) >= 11 is 0. The van der Waals surface area contributed by atoms with Crippen LogP contribution in [-0.4, -0.2) is 52.5 Å². The van der Waals surface area contributed by atoms with E-state index < -0.39 is 21.9 Å².